The Hall–Kier alpha value is 0.0900. The van der Waals surface area contributed by atoms with Gasteiger partial charge in [-0.2, -0.15) is 10.5 Å². The van der Waals surface area contributed by atoms with Crippen LogP contribution in [0.1, 0.15) is 12.8 Å². The predicted octanol–water partition coefficient (Wildman–Crippen LogP) is -2.69. The maximum Gasteiger partial charge on any atom is 1.00 e. The summed E-state index contributed by atoms with van der Waals surface area (Å²) in [7, 11) is 0. The molecule has 4 nitrogen and oxygen atoms in total. The molecule has 0 amide bonds. The van der Waals surface area contributed by atoms with Gasteiger partial charge in [0.05, 0.1) is 24.5 Å². The zero-order valence-corrected chi connectivity index (χ0v) is 9.63. The molecule has 0 N–H and O–H groups in total. The third-order valence-corrected chi connectivity index (χ3v) is 1.72. The van der Waals surface area contributed by atoms with Crippen LogP contribution in [0.15, 0.2) is 0 Å². The smallest absolute Gasteiger partial charge is 0.772 e. The zero-order valence-electron chi connectivity index (χ0n) is 6.82. The van der Waals surface area contributed by atoms with Gasteiger partial charge >= 0.3 is 29.6 Å². The average molecular weight is 194 g/mol. The molecule has 0 aromatic heterocycles. The fraction of sp³-hybridized carbons (Fsp3) is 0.667. The molecule has 0 saturated heterocycles. The molecule has 0 fully saturated rings. The van der Waals surface area contributed by atoms with E-state index in [1.54, 1.807) is 0 Å². The van der Waals surface area contributed by atoms with Crippen molar-refractivity contribution >= 4 is 11.1 Å². The molecule has 60 valence electrons. The largest absolute Gasteiger partial charge is 1.00 e. The fourth-order valence-electron chi connectivity index (χ4n) is 0.561. The third kappa shape index (κ3) is 8.19. The second-order valence-electron chi connectivity index (χ2n) is 1.98. The number of rotatable bonds is 4. The zero-order chi connectivity index (χ0) is 8.69. The van der Waals surface area contributed by atoms with E-state index in [0.29, 0.717) is 0 Å². The minimum Gasteiger partial charge on any atom is -0.772 e. The van der Waals surface area contributed by atoms with Crippen molar-refractivity contribution in [3.05, 3.63) is 0 Å². The molecule has 0 spiro atoms. The van der Waals surface area contributed by atoms with E-state index >= 15 is 0 Å². The van der Waals surface area contributed by atoms with Crippen LogP contribution in [0.5, 0.6) is 0 Å². The van der Waals surface area contributed by atoms with Crippen LogP contribution in [0, 0.1) is 28.6 Å². The van der Waals surface area contributed by atoms with Crippen LogP contribution in [0.2, 0.25) is 0 Å². The summed E-state index contributed by atoms with van der Waals surface area (Å²) in [5.74, 6) is -0.488. The van der Waals surface area contributed by atoms with Gasteiger partial charge in [-0.25, -0.2) is 0 Å². The number of hydrogen-bond donors (Lipinski definition) is 0. The van der Waals surface area contributed by atoms with Gasteiger partial charge < -0.3 is 4.55 Å². The number of hydrogen-bond acceptors (Lipinski definition) is 4. The third-order valence-electron chi connectivity index (χ3n) is 1.15. The molecular formula is C6H7N2NaO2S. The van der Waals surface area contributed by atoms with E-state index in [9.17, 15) is 8.76 Å². The molecular weight excluding hydrogens is 187 g/mol. The van der Waals surface area contributed by atoms with Crippen LogP contribution < -0.4 is 29.6 Å². The first kappa shape index (κ1) is 14.6. The molecule has 0 aliphatic rings. The summed E-state index contributed by atoms with van der Waals surface area (Å²) in [5.41, 5.74) is 0. The van der Waals surface area contributed by atoms with E-state index in [4.69, 9.17) is 10.5 Å². The molecule has 12 heavy (non-hydrogen) atoms. The van der Waals surface area contributed by atoms with Crippen molar-refractivity contribution in [1.29, 1.82) is 10.5 Å². The van der Waals surface area contributed by atoms with Gasteiger partial charge in [-0.05, 0) is 6.42 Å². The average Bonchev–Trinajstić information content (AvgIpc) is 1.97. The van der Waals surface area contributed by atoms with Gasteiger partial charge in [0, 0.05) is 5.75 Å². The quantitative estimate of drug-likeness (QED) is 0.360. The van der Waals surface area contributed by atoms with Crippen LogP contribution in [0.4, 0.5) is 0 Å². The Bertz CT molecular complexity index is 221. The molecule has 6 heteroatoms. The summed E-state index contributed by atoms with van der Waals surface area (Å²) in [6, 6.07) is 3.68. The Kier molecular flexibility index (Phi) is 11.2. The summed E-state index contributed by atoms with van der Waals surface area (Å²) < 4.78 is 20.1. The molecule has 0 aliphatic carbocycles. The summed E-state index contributed by atoms with van der Waals surface area (Å²) >= 11 is -2.10. The van der Waals surface area contributed by atoms with E-state index in [1.165, 1.54) is 0 Å². The molecule has 0 aliphatic heterocycles. The molecule has 0 saturated carbocycles. The first-order chi connectivity index (χ1) is 5.20. The van der Waals surface area contributed by atoms with Crippen molar-refractivity contribution in [3.8, 4) is 12.1 Å². The van der Waals surface area contributed by atoms with Crippen molar-refractivity contribution < 1.29 is 38.3 Å². The maximum atomic E-state index is 10.0. The minimum absolute atomic E-state index is 0. The molecule has 0 radical (unpaired) electrons. The monoisotopic (exact) mass is 194 g/mol. The van der Waals surface area contributed by atoms with Crippen molar-refractivity contribution in [2.45, 2.75) is 12.8 Å². The van der Waals surface area contributed by atoms with Gasteiger partial charge in [0.25, 0.3) is 0 Å². The molecule has 0 rings (SSSR count). The van der Waals surface area contributed by atoms with Crippen LogP contribution >= 0.6 is 0 Å². The van der Waals surface area contributed by atoms with Crippen LogP contribution in [-0.4, -0.2) is 14.5 Å². The Morgan fingerprint density at radius 3 is 2.42 bits per heavy atom. The SMILES string of the molecule is N#CCC(C#N)CCS(=O)[O-].[Na+]. The van der Waals surface area contributed by atoms with Gasteiger partial charge in [-0.1, -0.05) is 11.1 Å². The van der Waals surface area contributed by atoms with Gasteiger partial charge in [-0.3, -0.25) is 4.21 Å². The second-order valence-corrected chi connectivity index (χ2v) is 3.00. The molecule has 2 unspecified atom stereocenters. The first-order valence-corrected chi connectivity index (χ1v) is 4.27. The van der Waals surface area contributed by atoms with E-state index in [0.717, 1.165) is 0 Å². The van der Waals surface area contributed by atoms with Crippen LogP contribution in [0.25, 0.3) is 0 Å². The summed E-state index contributed by atoms with van der Waals surface area (Å²) in [5, 5.41) is 16.5. The van der Waals surface area contributed by atoms with E-state index in [-0.39, 0.29) is 48.2 Å². The second kappa shape index (κ2) is 9.18. The topological polar surface area (TPSA) is 87.7 Å². The Labute approximate surface area is 96.1 Å². The van der Waals surface area contributed by atoms with E-state index < -0.39 is 17.0 Å². The standard InChI is InChI=1S/C6H8N2O2S.Na/c7-3-1-6(5-8)2-4-11(9)10;/h6H,1-2,4H2,(H,9,10);/q;+1/p-1. The van der Waals surface area contributed by atoms with Crippen molar-refractivity contribution in [3.63, 3.8) is 0 Å². The Morgan fingerprint density at radius 1 is 1.50 bits per heavy atom. The number of nitrogens with zero attached hydrogens (tertiary/aromatic N) is 2. The predicted molar refractivity (Wildman–Crippen MR) is 37.7 cm³/mol. The van der Waals surface area contributed by atoms with E-state index in [2.05, 4.69) is 0 Å². The van der Waals surface area contributed by atoms with Gasteiger partial charge in [0.2, 0.25) is 0 Å². The maximum absolute atomic E-state index is 10.0. The number of nitriles is 2. The van der Waals surface area contributed by atoms with Crippen molar-refractivity contribution in [1.82, 2.24) is 0 Å². The Morgan fingerprint density at radius 2 is 2.08 bits per heavy atom. The van der Waals surface area contributed by atoms with Crippen LogP contribution in [0.3, 0.4) is 0 Å². The van der Waals surface area contributed by atoms with Crippen molar-refractivity contribution in [2.24, 2.45) is 5.92 Å². The fourth-order valence-corrected chi connectivity index (χ4v) is 1.04. The van der Waals surface area contributed by atoms with Gasteiger partial charge in [-0.15, -0.1) is 0 Å². The first-order valence-electron chi connectivity index (χ1n) is 3.03. The molecule has 0 heterocycles. The van der Waals surface area contributed by atoms with Crippen LogP contribution in [-0.2, 0) is 11.1 Å². The molecule has 2 atom stereocenters. The molecule has 0 bridgehead atoms. The normalized spacial score (nSPS) is 13.2. The minimum atomic E-state index is -2.10. The van der Waals surface area contributed by atoms with E-state index in [1.807, 2.05) is 12.1 Å². The van der Waals surface area contributed by atoms with Gasteiger partial charge in [0.1, 0.15) is 0 Å². The Balaban J connectivity index is 0. The summed E-state index contributed by atoms with van der Waals surface area (Å²) in [6.45, 7) is 0. The van der Waals surface area contributed by atoms with Crippen molar-refractivity contribution in [2.75, 3.05) is 5.75 Å². The molecule has 0 aromatic carbocycles. The summed E-state index contributed by atoms with van der Waals surface area (Å²) in [6.07, 6.45) is 0.355. The molecule has 0 aromatic rings. The summed E-state index contributed by atoms with van der Waals surface area (Å²) in [4.78, 5) is 0. The van der Waals surface area contributed by atoms with Gasteiger partial charge in [0.15, 0.2) is 0 Å².